The lowest BCUT2D eigenvalue weighted by molar-refractivity contribution is 4.51. The van der Waals surface area contributed by atoms with E-state index in [1.165, 1.54) is 0 Å². The molecule has 0 aliphatic carbocycles. The van der Waals surface area contributed by atoms with Crippen LogP contribution in [0.4, 0.5) is 0 Å². The Balaban J connectivity index is 2.32. The zero-order chi connectivity index (χ0) is 3.58. The molecule has 0 radical (unpaired) electrons. The van der Waals surface area contributed by atoms with Crippen molar-refractivity contribution in [1.29, 1.82) is 0 Å². The fourth-order valence-corrected chi connectivity index (χ4v) is 0. The summed E-state index contributed by atoms with van der Waals surface area (Å²) in [7, 11) is 7.07. The van der Waals surface area contributed by atoms with E-state index in [1.807, 2.05) is 0 Å². The van der Waals surface area contributed by atoms with E-state index < -0.39 is 0 Å². The highest BCUT2D eigenvalue weighted by Crippen LogP contribution is 2.08. The topological polar surface area (TPSA) is 0 Å². The van der Waals surface area contributed by atoms with Crippen molar-refractivity contribution in [1.82, 2.24) is 0 Å². The molecule has 0 N–H and O–H groups in total. The van der Waals surface area contributed by atoms with Gasteiger partial charge < -0.3 is 0 Å². The van der Waals surface area contributed by atoms with Crippen LogP contribution < -0.4 is 0 Å². The van der Waals surface area contributed by atoms with E-state index in [4.69, 9.17) is 0 Å². The summed E-state index contributed by atoms with van der Waals surface area (Å²) in [5.41, 5.74) is 0. The molecule has 4 heteroatoms. The number of hydrogen-bond donors (Lipinski definition) is 0. The minimum Gasteiger partial charge on any atom is -0.226 e. The Kier molecular flexibility index (Phi) is 2.20. The average molecular weight is 69.5 g/mol. The Morgan fingerprint density at radius 3 is 1.00 bits per heavy atom. The summed E-state index contributed by atoms with van der Waals surface area (Å²) in [4.78, 5) is 0. The first kappa shape index (κ1) is 4.62. The van der Waals surface area contributed by atoms with Crippen molar-refractivity contribution in [2.75, 3.05) is 0 Å². The van der Waals surface area contributed by atoms with Gasteiger partial charge in [0, 0.05) is 0 Å². The van der Waals surface area contributed by atoms with Crippen LogP contribution in [-0.4, -0.2) is 22.7 Å². The molecule has 0 aromatic heterocycles. The maximum atomic E-state index is 2.23. The second-order valence-corrected chi connectivity index (χ2v) is 4.02. The lowest BCUT2D eigenvalue weighted by atomic mass is 10.7. The molecular formula is H6B3P. The summed E-state index contributed by atoms with van der Waals surface area (Å²) < 4.78 is 0. The van der Waals surface area contributed by atoms with Gasteiger partial charge in [-0.2, -0.15) is 0 Å². The van der Waals surface area contributed by atoms with Gasteiger partial charge in [-0.3, -0.25) is 0 Å². The molecule has 0 fully saturated rings. The summed E-state index contributed by atoms with van der Waals surface area (Å²) in [5, 5.41) is 0. The van der Waals surface area contributed by atoms with Gasteiger partial charge in [0.25, 0.3) is 0 Å². The minimum atomic E-state index is 0.380. The molecular weight excluding hydrogens is 63.4 g/mol. The van der Waals surface area contributed by atoms with Crippen LogP contribution in [0.2, 0.25) is 0 Å². The van der Waals surface area contributed by atoms with Gasteiger partial charge in [0.15, 0.2) is 0 Å². The van der Waals surface area contributed by atoms with Gasteiger partial charge in [0.2, 0.25) is 0 Å². The third kappa shape index (κ3) is 17.8. The van der Waals surface area contributed by atoms with E-state index in [0.29, 0.717) is 7.56 Å². The zero-order valence-corrected chi connectivity index (χ0v) is 4.34. The normalized spacial score (nSPS) is 8.25. The number of hydrogen-bond acceptors (Lipinski definition) is 0. The Labute approximate surface area is 31.2 Å². The molecule has 0 atom stereocenters. The molecule has 0 nitrogen and oxygen atoms in total. The monoisotopic (exact) mass is 70.0 g/mol. The molecule has 0 spiro atoms. The second kappa shape index (κ2) is 1.90. The van der Waals surface area contributed by atoms with Crippen LogP contribution in [0.15, 0.2) is 0 Å². The minimum absolute atomic E-state index is 0.380. The Hall–Kier alpha value is 0.625. The average Bonchev–Trinajstić information content (AvgIpc) is 0.811. The molecule has 0 heterocycles. The smallest absolute Gasteiger partial charge is 0.113 e. The molecule has 0 aromatic rings. The van der Waals surface area contributed by atoms with E-state index in [-0.39, 0.29) is 0 Å². The highest BCUT2D eigenvalue weighted by atomic mass is 31.1. The highest BCUT2D eigenvalue weighted by Gasteiger charge is 1.68. The molecule has 0 unspecified atom stereocenters. The summed E-state index contributed by atoms with van der Waals surface area (Å²) in [6, 6.07) is 0. The first-order chi connectivity index (χ1) is 1.73. The van der Waals surface area contributed by atoms with Crippen LogP contribution in [0.3, 0.4) is 0 Å². The molecule has 0 saturated heterocycles. The predicted octanol–water partition coefficient (Wildman–Crippen LogP) is -1.89. The first-order valence-electron chi connectivity index (χ1n) is 1.34. The van der Waals surface area contributed by atoms with Crippen molar-refractivity contribution in [2.45, 2.75) is 0 Å². The summed E-state index contributed by atoms with van der Waals surface area (Å²) >= 11 is 0. The SMILES string of the molecule is BP(B)B. The van der Waals surface area contributed by atoms with Crippen molar-refractivity contribution >= 4 is 30.3 Å². The molecule has 20 valence electrons. The van der Waals surface area contributed by atoms with E-state index in [2.05, 4.69) is 22.7 Å². The van der Waals surface area contributed by atoms with Gasteiger partial charge in [0.1, 0.15) is 22.7 Å². The van der Waals surface area contributed by atoms with E-state index >= 15 is 0 Å². The van der Waals surface area contributed by atoms with Crippen LogP contribution >= 0.6 is 7.56 Å². The summed E-state index contributed by atoms with van der Waals surface area (Å²) in [6.07, 6.45) is 0. The summed E-state index contributed by atoms with van der Waals surface area (Å²) in [5.74, 6) is 0. The van der Waals surface area contributed by atoms with Gasteiger partial charge in [-0.05, 0) is 0 Å². The van der Waals surface area contributed by atoms with Gasteiger partial charge in [-0.1, -0.05) is 0 Å². The summed E-state index contributed by atoms with van der Waals surface area (Å²) in [6.45, 7) is 0. The van der Waals surface area contributed by atoms with Crippen molar-refractivity contribution < 1.29 is 0 Å². The van der Waals surface area contributed by atoms with Crippen molar-refractivity contribution in [3.63, 3.8) is 0 Å². The third-order valence-electron chi connectivity index (χ3n) is 0. The molecule has 4 heavy (non-hydrogen) atoms. The second-order valence-electron chi connectivity index (χ2n) is 1.34. The fourth-order valence-electron chi connectivity index (χ4n) is 0. The van der Waals surface area contributed by atoms with E-state index in [1.54, 1.807) is 0 Å². The molecule has 0 saturated carbocycles. The van der Waals surface area contributed by atoms with E-state index in [9.17, 15) is 0 Å². The van der Waals surface area contributed by atoms with Crippen LogP contribution in [0.25, 0.3) is 0 Å². The highest BCUT2D eigenvalue weighted by molar-refractivity contribution is 8.17. The lowest BCUT2D eigenvalue weighted by Gasteiger charge is -1.80. The Bertz CT molecular complexity index is 8.00. The quantitative estimate of drug-likeness (QED) is 0.231. The zero-order valence-electron chi connectivity index (χ0n) is 3.45. The number of rotatable bonds is 0. The van der Waals surface area contributed by atoms with Crippen LogP contribution in [0.5, 0.6) is 0 Å². The maximum absolute atomic E-state index is 2.23. The van der Waals surface area contributed by atoms with Crippen LogP contribution in [-0.2, 0) is 0 Å². The first-order valence-corrected chi connectivity index (χ1v) is 4.02. The largest absolute Gasteiger partial charge is 0.226 e. The third-order valence-corrected chi connectivity index (χ3v) is 0. The molecule has 0 bridgehead atoms. The van der Waals surface area contributed by atoms with Crippen molar-refractivity contribution in [2.24, 2.45) is 0 Å². The standard InChI is InChI=1S/B3H6P/c1-4(2)3/h1-3H2. The van der Waals surface area contributed by atoms with Gasteiger partial charge in [-0.15, -0.1) is 0 Å². The lowest BCUT2D eigenvalue weighted by Crippen LogP contribution is -1.60. The van der Waals surface area contributed by atoms with Crippen LogP contribution in [0, 0.1) is 0 Å². The van der Waals surface area contributed by atoms with Crippen molar-refractivity contribution in [3.05, 3.63) is 0 Å². The van der Waals surface area contributed by atoms with Crippen LogP contribution in [0.1, 0.15) is 0 Å². The maximum Gasteiger partial charge on any atom is 0.113 e. The predicted molar refractivity (Wildman–Crippen MR) is 32.6 cm³/mol. The van der Waals surface area contributed by atoms with Gasteiger partial charge >= 0.3 is 0 Å². The van der Waals surface area contributed by atoms with Gasteiger partial charge in [-0.25, -0.2) is 7.56 Å². The molecule has 0 amide bonds. The molecule has 0 aromatic carbocycles. The Morgan fingerprint density at radius 1 is 1.00 bits per heavy atom. The van der Waals surface area contributed by atoms with Crippen molar-refractivity contribution in [3.8, 4) is 0 Å². The molecule has 0 rings (SSSR count). The van der Waals surface area contributed by atoms with Gasteiger partial charge in [0.05, 0.1) is 0 Å². The molecule has 0 aliphatic rings. The van der Waals surface area contributed by atoms with E-state index in [0.717, 1.165) is 0 Å². The molecule has 0 aliphatic heterocycles. The fraction of sp³-hybridized carbons (Fsp3) is 0. The Morgan fingerprint density at radius 2 is 1.00 bits per heavy atom.